The molecule has 0 spiro atoms. The molecule has 2 heterocycles. The lowest BCUT2D eigenvalue weighted by Gasteiger charge is -2.17. The second kappa shape index (κ2) is 7.37. The molecule has 0 unspecified atom stereocenters. The van der Waals surface area contributed by atoms with E-state index in [4.69, 9.17) is 0 Å². The molecule has 1 aliphatic heterocycles. The number of sulfonamides is 1. The van der Waals surface area contributed by atoms with E-state index >= 15 is 0 Å². The van der Waals surface area contributed by atoms with Crippen LogP contribution in [0.15, 0.2) is 60.0 Å². The Morgan fingerprint density at radius 1 is 1.14 bits per heavy atom. The van der Waals surface area contributed by atoms with Gasteiger partial charge in [-0.1, -0.05) is 24.3 Å². The van der Waals surface area contributed by atoms with Crippen molar-refractivity contribution < 1.29 is 17.6 Å². The number of rotatable bonds is 5. The van der Waals surface area contributed by atoms with Crippen LogP contribution in [0, 0.1) is 5.82 Å². The summed E-state index contributed by atoms with van der Waals surface area (Å²) in [5.41, 5.74) is 2.20. The van der Waals surface area contributed by atoms with E-state index < -0.39 is 21.6 Å². The van der Waals surface area contributed by atoms with Gasteiger partial charge in [0.2, 0.25) is 10.0 Å². The van der Waals surface area contributed by atoms with Gasteiger partial charge in [-0.15, -0.1) is 11.3 Å². The lowest BCUT2D eigenvalue weighted by atomic mass is 10.1. The third kappa shape index (κ3) is 3.79. The van der Waals surface area contributed by atoms with Crippen molar-refractivity contribution in [1.82, 2.24) is 0 Å². The first-order chi connectivity index (χ1) is 13.4. The van der Waals surface area contributed by atoms with Gasteiger partial charge in [0, 0.05) is 23.5 Å². The normalized spacial score (nSPS) is 13.4. The molecule has 144 valence electrons. The number of amides is 1. The second-order valence-corrected chi connectivity index (χ2v) is 9.15. The highest BCUT2D eigenvalue weighted by Gasteiger charge is 2.26. The highest BCUT2D eigenvalue weighted by Crippen LogP contribution is 2.32. The highest BCUT2D eigenvalue weighted by molar-refractivity contribution is 7.91. The molecule has 0 atom stereocenters. The van der Waals surface area contributed by atoms with Crippen molar-refractivity contribution in [3.63, 3.8) is 0 Å². The van der Waals surface area contributed by atoms with Crippen LogP contribution in [0.4, 0.5) is 15.8 Å². The van der Waals surface area contributed by atoms with Gasteiger partial charge in [0.1, 0.15) is 5.82 Å². The molecule has 0 radical (unpaired) electrons. The predicted octanol–water partition coefficient (Wildman–Crippen LogP) is 4.03. The maximum Gasteiger partial charge on any atom is 0.268 e. The van der Waals surface area contributed by atoms with Crippen LogP contribution in [0.1, 0.15) is 20.8 Å². The van der Waals surface area contributed by atoms with Crippen LogP contribution in [-0.4, -0.2) is 20.9 Å². The Balaban J connectivity index is 1.52. The Labute approximate surface area is 166 Å². The number of thiophene rings is 1. The van der Waals surface area contributed by atoms with E-state index in [-0.39, 0.29) is 11.5 Å². The van der Waals surface area contributed by atoms with Crippen LogP contribution < -0.4 is 9.62 Å². The number of nitrogens with one attached hydrogen (secondary N) is 1. The maximum atomic E-state index is 13.7. The zero-order valence-electron chi connectivity index (χ0n) is 14.8. The van der Waals surface area contributed by atoms with Crippen LogP contribution in [-0.2, 0) is 22.2 Å². The summed E-state index contributed by atoms with van der Waals surface area (Å²) in [5, 5.41) is 1.86. The minimum Gasteiger partial charge on any atom is -0.307 e. The fraction of sp³-hybridized carbons (Fsp3) is 0.150. The number of benzene rings is 2. The molecule has 1 aliphatic rings. The van der Waals surface area contributed by atoms with Gasteiger partial charge in [-0.2, -0.15) is 0 Å². The third-order valence-corrected chi connectivity index (χ3v) is 6.62. The van der Waals surface area contributed by atoms with Crippen molar-refractivity contribution in [3.05, 3.63) is 81.8 Å². The van der Waals surface area contributed by atoms with Gasteiger partial charge in [-0.3, -0.25) is 9.52 Å². The third-order valence-electron chi connectivity index (χ3n) is 4.53. The van der Waals surface area contributed by atoms with Crippen molar-refractivity contribution in [2.24, 2.45) is 0 Å². The average molecular weight is 416 g/mol. The molecule has 0 saturated heterocycles. The number of carbonyl (C=O) groups excluding carboxylic acids is 1. The van der Waals surface area contributed by atoms with Gasteiger partial charge in [-0.05, 0) is 47.7 Å². The largest absolute Gasteiger partial charge is 0.307 e. The molecule has 8 heteroatoms. The van der Waals surface area contributed by atoms with Crippen molar-refractivity contribution in [2.45, 2.75) is 12.2 Å². The standard InChI is InChI=1S/C20H17FN2O3S2/c21-17-5-2-1-4-15(17)13-28(25,26)22-16-7-8-18-14(12-16)9-10-23(18)20(24)19-6-3-11-27-19/h1-8,11-12,22H,9-10,13H2. The van der Waals surface area contributed by atoms with Crippen molar-refractivity contribution in [2.75, 3.05) is 16.2 Å². The topological polar surface area (TPSA) is 66.5 Å². The minimum absolute atomic E-state index is 0.0540. The van der Waals surface area contributed by atoms with Gasteiger partial charge < -0.3 is 4.90 Å². The molecule has 28 heavy (non-hydrogen) atoms. The number of nitrogens with zero attached hydrogens (tertiary/aromatic N) is 1. The lowest BCUT2D eigenvalue weighted by molar-refractivity contribution is 0.0993. The molecule has 0 bridgehead atoms. The van der Waals surface area contributed by atoms with Crippen molar-refractivity contribution >= 4 is 38.6 Å². The summed E-state index contributed by atoms with van der Waals surface area (Å²) in [6.07, 6.45) is 0.648. The van der Waals surface area contributed by atoms with E-state index in [1.807, 2.05) is 11.4 Å². The number of halogens is 1. The van der Waals surface area contributed by atoms with Gasteiger partial charge in [0.15, 0.2) is 0 Å². The molecule has 1 amide bonds. The van der Waals surface area contributed by atoms with E-state index in [0.29, 0.717) is 23.5 Å². The smallest absolute Gasteiger partial charge is 0.268 e. The fourth-order valence-electron chi connectivity index (χ4n) is 3.25. The molecule has 0 aliphatic carbocycles. The molecule has 0 fully saturated rings. The first-order valence-corrected chi connectivity index (χ1v) is 11.2. The number of anilines is 2. The Morgan fingerprint density at radius 2 is 1.96 bits per heavy atom. The number of fused-ring (bicyclic) bond motifs is 1. The van der Waals surface area contributed by atoms with Gasteiger partial charge in [0.25, 0.3) is 5.91 Å². The summed E-state index contributed by atoms with van der Waals surface area (Å²) in [6.45, 7) is 0.553. The first kappa shape index (κ1) is 18.6. The monoisotopic (exact) mass is 416 g/mol. The average Bonchev–Trinajstić information content (AvgIpc) is 3.32. The van der Waals surface area contributed by atoms with Crippen LogP contribution in [0.5, 0.6) is 0 Å². The Kier molecular flexibility index (Phi) is 4.91. The Hall–Kier alpha value is -2.71. The molecule has 5 nitrogen and oxygen atoms in total. The molecule has 1 N–H and O–H groups in total. The highest BCUT2D eigenvalue weighted by atomic mass is 32.2. The Morgan fingerprint density at radius 3 is 2.71 bits per heavy atom. The number of hydrogen-bond donors (Lipinski definition) is 1. The quantitative estimate of drug-likeness (QED) is 0.683. The molecule has 3 aromatic rings. The van der Waals surface area contributed by atoms with E-state index in [2.05, 4.69) is 4.72 Å². The zero-order valence-corrected chi connectivity index (χ0v) is 16.4. The van der Waals surface area contributed by atoms with E-state index in [0.717, 1.165) is 11.3 Å². The molecular weight excluding hydrogens is 399 g/mol. The van der Waals surface area contributed by atoms with Gasteiger partial charge >= 0.3 is 0 Å². The summed E-state index contributed by atoms with van der Waals surface area (Å²) >= 11 is 1.39. The second-order valence-electron chi connectivity index (χ2n) is 6.48. The zero-order chi connectivity index (χ0) is 19.7. The fourth-order valence-corrected chi connectivity index (χ4v) is 5.12. The van der Waals surface area contributed by atoms with E-state index in [1.165, 1.54) is 29.5 Å². The SMILES string of the molecule is O=C(c1cccs1)N1CCc2cc(NS(=O)(=O)Cc3ccccc3F)ccc21. The summed E-state index contributed by atoms with van der Waals surface area (Å²) < 4.78 is 41.1. The maximum absolute atomic E-state index is 13.7. The van der Waals surface area contributed by atoms with E-state index in [1.54, 1.807) is 35.2 Å². The summed E-state index contributed by atoms with van der Waals surface area (Å²) in [6, 6.07) is 14.5. The molecular formula is C20H17FN2O3S2. The number of carbonyl (C=O) groups is 1. The minimum atomic E-state index is -3.76. The first-order valence-electron chi connectivity index (χ1n) is 8.65. The molecule has 4 rings (SSSR count). The van der Waals surface area contributed by atoms with Crippen LogP contribution in [0.3, 0.4) is 0 Å². The summed E-state index contributed by atoms with van der Waals surface area (Å²) in [5.74, 6) is -1.05. The number of hydrogen-bond acceptors (Lipinski definition) is 4. The van der Waals surface area contributed by atoms with Crippen molar-refractivity contribution in [3.8, 4) is 0 Å². The molecule has 2 aromatic carbocycles. The van der Waals surface area contributed by atoms with Crippen molar-refractivity contribution in [1.29, 1.82) is 0 Å². The summed E-state index contributed by atoms with van der Waals surface area (Å²) in [4.78, 5) is 15.0. The van der Waals surface area contributed by atoms with Gasteiger partial charge in [-0.25, -0.2) is 12.8 Å². The molecule has 1 aromatic heterocycles. The summed E-state index contributed by atoms with van der Waals surface area (Å²) in [7, 11) is -3.76. The van der Waals surface area contributed by atoms with Crippen LogP contribution in [0.2, 0.25) is 0 Å². The lowest BCUT2D eigenvalue weighted by Crippen LogP contribution is -2.28. The van der Waals surface area contributed by atoms with Gasteiger partial charge in [0.05, 0.1) is 10.6 Å². The van der Waals surface area contributed by atoms with E-state index in [9.17, 15) is 17.6 Å². The Bertz CT molecular complexity index is 1130. The van der Waals surface area contributed by atoms with Crippen LogP contribution in [0.25, 0.3) is 0 Å². The molecule has 0 saturated carbocycles. The van der Waals surface area contributed by atoms with Crippen LogP contribution >= 0.6 is 11.3 Å². The predicted molar refractivity (Wildman–Crippen MR) is 109 cm³/mol.